The molecule has 16 heavy (non-hydrogen) atoms. The molecular weight excluding hydrogens is 207 g/mol. The number of benzene rings is 1. The van der Waals surface area contributed by atoms with E-state index in [1.807, 2.05) is 30.3 Å². The Kier molecular flexibility index (Phi) is 4.99. The first-order chi connectivity index (χ1) is 7.74. The predicted octanol–water partition coefficient (Wildman–Crippen LogP) is 3.12. The fourth-order valence-corrected chi connectivity index (χ4v) is 1.08. The molecule has 0 saturated carbocycles. The van der Waals surface area contributed by atoms with E-state index in [0.717, 1.165) is 11.6 Å². The van der Waals surface area contributed by atoms with E-state index in [0.29, 0.717) is 0 Å². The van der Waals surface area contributed by atoms with Crippen LogP contribution in [0.4, 0.5) is 4.39 Å². The summed E-state index contributed by atoms with van der Waals surface area (Å²) in [6.45, 7) is 1.80. The van der Waals surface area contributed by atoms with Gasteiger partial charge in [0.05, 0.1) is 6.61 Å². The van der Waals surface area contributed by atoms with Gasteiger partial charge in [-0.1, -0.05) is 42.5 Å². The maximum absolute atomic E-state index is 13.0. The lowest BCUT2D eigenvalue weighted by molar-refractivity contribution is -0.140. The molecule has 0 amide bonds. The number of esters is 1. The van der Waals surface area contributed by atoms with Crippen LogP contribution in [0.25, 0.3) is 6.08 Å². The zero-order valence-electron chi connectivity index (χ0n) is 9.02. The van der Waals surface area contributed by atoms with Crippen LogP contribution in [0.2, 0.25) is 0 Å². The molecule has 1 aromatic rings. The smallest absolute Gasteiger partial charge is 0.367 e. The maximum atomic E-state index is 13.0. The fraction of sp³-hybridized carbons (Fsp3) is 0.154. The highest BCUT2D eigenvalue weighted by Gasteiger charge is 2.06. The number of hydrogen-bond acceptors (Lipinski definition) is 2. The van der Waals surface area contributed by atoms with Crippen molar-refractivity contribution < 1.29 is 13.9 Å². The number of hydrogen-bond donors (Lipinski definition) is 0. The van der Waals surface area contributed by atoms with Gasteiger partial charge in [0, 0.05) is 0 Å². The van der Waals surface area contributed by atoms with Crippen LogP contribution in [0.15, 0.2) is 48.3 Å². The van der Waals surface area contributed by atoms with Crippen LogP contribution in [-0.4, -0.2) is 12.6 Å². The third-order valence-corrected chi connectivity index (χ3v) is 1.80. The highest BCUT2D eigenvalue weighted by atomic mass is 19.1. The summed E-state index contributed by atoms with van der Waals surface area (Å²) < 4.78 is 17.5. The van der Waals surface area contributed by atoms with Crippen molar-refractivity contribution in [2.45, 2.75) is 6.92 Å². The van der Waals surface area contributed by atoms with E-state index >= 15 is 0 Å². The minimum absolute atomic E-state index is 0.169. The first-order valence-corrected chi connectivity index (χ1v) is 5.00. The molecule has 3 heteroatoms. The molecular formula is C13H13FO2. The number of allylic oxidation sites excluding steroid dienone is 2. The molecule has 0 N–H and O–H groups in total. The molecule has 0 aliphatic heterocycles. The Bertz CT molecular complexity index is 394. The Morgan fingerprint density at radius 2 is 2.06 bits per heavy atom. The largest absolute Gasteiger partial charge is 0.461 e. The van der Waals surface area contributed by atoms with E-state index in [9.17, 15) is 9.18 Å². The number of carbonyl (C=O) groups excluding carboxylic acids is 1. The van der Waals surface area contributed by atoms with Gasteiger partial charge in [0.25, 0.3) is 0 Å². The summed E-state index contributed by atoms with van der Waals surface area (Å²) in [5.74, 6) is -1.82. The molecule has 0 fully saturated rings. The van der Waals surface area contributed by atoms with Gasteiger partial charge in [-0.15, -0.1) is 0 Å². The molecule has 1 aromatic carbocycles. The Morgan fingerprint density at radius 1 is 1.38 bits per heavy atom. The fourth-order valence-electron chi connectivity index (χ4n) is 1.08. The molecule has 0 spiro atoms. The van der Waals surface area contributed by atoms with Gasteiger partial charge < -0.3 is 4.74 Å². The summed E-state index contributed by atoms with van der Waals surface area (Å²) in [5, 5.41) is 0. The molecule has 0 heterocycles. The average Bonchev–Trinajstić information content (AvgIpc) is 2.30. The summed E-state index contributed by atoms with van der Waals surface area (Å²) in [4.78, 5) is 10.9. The molecule has 0 aromatic heterocycles. The third-order valence-electron chi connectivity index (χ3n) is 1.80. The van der Waals surface area contributed by atoms with Crippen molar-refractivity contribution in [1.82, 2.24) is 0 Å². The van der Waals surface area contributed by atoms with E-state index in [1.165, 1.54) is 6.08 Å². The molecule has 0 aliphatic rings. The molecule has 0 bridgehead atoms. The summed E-state index contributed by atoms with van der Waals surface area (Å²) in [6, 6.07) is 9.42. The molecule has 0 saturated heterocycles. The Balaban J connectivity index is 2.59. The second-order valence-corrected chi connectivity index (χ2v) is 3.00. The van der Waals surface area contributed by atoms with Gasteiger partial charge >= 0.3 is 5.97 Å². The predicted molar refractivity (Wildman–Crippen MR) is 61.3 cm³/mol. The van der Waals surface area contributed by atoms with Crippen molar-refractivity contribution in [3.8, 4) is 0 Å². The molecule has 2 nitrogen and oxygen atoms in total. The summed E-state index contributed by atoms with van der Waals surface area (Å²) >= 11 is 0. The van der Waals surface area contributed by atoms with Crippen LogP contribution < -0.4 is 0 Å². The second kappa shape index (κ2) is 6.56. The van der Waals surface area contributed by atoms with Crippen molar-refractivity contribution >= 4 is 12.0 Å². The summed E-state index contributed by atoms with van der Waals surface area (Å²) in [6.07, 6.45) is 4.27. The van der Waals surface area contributed by atoms with Crippen LogP contribution in [0, 0.1) is 0 Å². The first kappa shape index (κ1) is 12.2. The van der Waals surface area contributed by atoms with Gasteiger partial charge in [-0.05, 0) is 18.6 Å². The molecule has 0 unspecified atom stereocenters. The van der Waals surface area contributed by atoms with Gasteiger partial charge in [-0.2, -0.15) is 4.39 Å². The van der Waals surface area contributed by atoms with Gasteiger partial charge in [-0.25, -0.2) is 4.79 Å². The topological polar surface area (TPSA) is 26.3 Å². The van der Waals surface area contributed by atoms with Crippen molar-refractivity contribution in [2.75, 3.05) is 6.61 Å². The normalized spacial score (nSPS) is 11.8. The SMILES string of the molecule is CCOC(=O)/C(F)=C/C=C/c1ccccc1. The Labute approximate surface area is 94.0 Å². The van der Waals surface area contributed by atoms with E-state index < -0.39 is 11.8 Å². The van der Waals surface area contributed by atoms with Gasteiger partial charge in [0.15, 0.2) is 0 Å². The standard InChI is InChI=1S/C13H13FO2/c1-2-16-13(15)12(14)10-6-9-11-7-4-3-5-8-11/h3-10H,2H2,1H3/b9-6+,12-10-. The lowest BCUT2D eigenvalue weighted by atomic mass is 10.2. The van der Waals surface area contributed by atoms with Crippen molar-refractivity contribution in [3.63, 3.8) is 0 Å². The van der Waals surface area contributed by atoms with Crippen molar-refractivity contribution in [3.05, 3.63) is 53.9 Å². The van der Waals surface area contributed by atoms with Gasteiger partial charge in [0.1, 0.15) is 0 Å². The Morgan fingerprint density at radius 3 is 2.69 bits per heavy atom. The molecule has 0 radical (unpaired) electrons. The zero-order chi connectivity index (χ0) is 11.8. The monoisotopic (exact) mass is 220 g/mol. The van der Waals surface area contributed by atoms with Crippen LogP contribution in [0.1, 0.15) is 12.5 Å². The minimum atomic E-state index is -0.930. The lowest BCUT2D eigenvalue weighted by Gasteiger charge is -1.96. The highest BCUT2D eigenvalue weighted by molar-refractivity contribution is 5.86. The average molecular weight is 220 g/mol. The number of halogens is 1. The zero-order valence-corrected chi connectivity index (χ0v) is 9.02. The summed E-state index contributed by atoms with van der Waals surface area (Å²) in [7, 11) is 0. The summed E-state index contributed by atoms with van der Waals surface area (Å²) in [5.41, 5.74) is 0.940. The highest BCUT2D eigenvalue weighted by Crippen LogP contribution is 2.04. The van der Waals surface area contributed by atoms with Crippen LogP contribution >= 0.6 is 0 Å². The second-order valence-electron chi connectivity index (χ2n) is 3.00. The van der Waals surface area contributed by atoms with E-state index in [1.54, 1.807) is 13.0 Å². The molecule has 0 atom stereocenters. The Hall–Kier alpha value is -1.90. The third kappa shape index (κ3) is 4.09. The quantitative estimate of drug-likeness (QED) is 0.442. The van der Waals surface area contributed by atoms with E-state index in [-0.39, 0.29) is 6.61 Å². The number of carbonyl (C=O) groups is 1. The molecule has 1 rings (SSSR count). The number of ether oxygens (including phenoxy) is 1. The van der Waals surface area contributed by atoms with Crippen LogP contribution in [0.5, 0.6) is 0 Å². The van der Waals surface area contributed by atoms with Crippen molar-refractivity contribution in [1.29, 1.82) is 0 Å². The van der Waals surface area contributed by atoms with Crippen LogP contribution in [0.3, 0.4) is 0 Å². The number of rotatable bonds is 4. The lowest BCUT2D eigenvalue weighted by Crippen LogP contribution is -2.03. The van der Waals surface area contributed by atoms with Crippen molar-refractivity contribution in [2.24, 2.45) is 0 Å². The van der Waals surface area contributed by atoms with Gasteiger partial charge in [-0.3, -0.25) is 0 Å². The van der Waals surface area contributed by atoms with E-state index in [4.69, 9.17) is 0 Å². The molecule has 84 valence electrons. The molecule has 0 aliphatic carbocycles. The van der Waals surface area contributed by atoms with E-state index in [2.05, 4.69) is 4.74 Å². The van der Waals surface area contributed by atoms with Gasteiger partial charge in [0.2, 0.25) is 5.83 Å². The minimum Gasteiger partial charge on any atom is -0.461 e. The first-order valence-electron chi connectivity index (χ1n) is 5.00. The maximum Gasteiger partial charge on any atom is 0.367 e. The van der Waals surface area contributed by atoms with Crippen LogP contribution in [-0.2, 0) is 9.53 Å².